The summed E-state index contributed by atoms with van der Waals surface area (Å²) >= 11 is 3.13. The molecule has 0 atom stereocenters. The van der Waals surface area contributed by atoms with Crippen molar-refractivity contribution in [1.82, 2.24) is 0 Å². The zero-order valence-corrected chi connectivity index (χ0v) is 9.21. The average molecular weight is 272 g/mol. The first-order valence-electron chi connectivity index (χ1n) is 4.36. The fourth-order valence-corrected chi connectivity index (χ4v) is 2.00. The van der Waals surface area contributed by atoms with Gasteiger partial charge < -0.3 is 5.11 Å². The van der Waals surface area contributed by atoms with E-state index in [0.717, 1.165) is 0 Å². The number of rotatable bonds is 2. The molecule has 0 unspecified atom stereocenters. The number of halogens is 2. The van der Waals surface area contributed by atoms with Crippen LogP contribution in [0.4, 0.5) is 4.39 Å². The molecule has 0 aromatic heterocycles. The van der Waals surface area contributed by atoms with Crippen LogP contribution in [0.1, 0.15) is 18.4 Å². The molecule has 1 N–H and O–H groups in total. The molecular formula is C10H7BrFNO2. The highest BCUT2D eigenvalue weighted by atomic mass is 79.9. The first-order chi connectivity index (χ1) is 7.09. The molecular weight excluding hydrogens is 265 g/mol. The van der Waals surface area contributed by atoms with Crippen LogP contribution in [0.2, 0.25) is 0 Å². The highest BCUT2D eigenvalue weighted by molar-refractivity contribution is 9.10. The van der Waals surface area contributed by atoms with Crippen molar-refractivity contribution in [3.05, 3.63) is 28.0 Å². The van der Waals surface area contributed by atoms with Crippen LogP contribution in [-0.4, -0.2) is 11.2 Å². The summed E-state index contributed by atoms with van der Waals surface area (Å²) in [6.45, 7) is 0. The summed E-state index contributed by atoms with van der Waals surface area (Å²) in [5.74, 6) is -1.15. The van der Waals surface area contributed by atoms with Gasteiger partial charge in [0.25, 0.3) is 0 Å². The van der Waals surface area contributed by atoms with E-state index in [0.29, 0.717) is 22.9 Å². The van der Waals surface area contributed by atoms with Crippen molar-refractivity contribution < 1.29 is 14.3 Å². The highest BCUT2D eigenvalue weighted by Gasteiger charge is 2.47. The number of nitrogens with zero attached hydrogens (tertiary/aromatic N) is 1. The number of carbonyl (C=O) groups excluding carboxylic acids is 1. The highest BCUT2D eigenvalue weighted by Crippen LogP contribution is 2.53. The van der Waals surface area contributed by atoms with Gasteiger partial charge in [0, 0.05) is 10.0 Å². The third-order valence-corrected chi connectivity index (χ3v) is 2.97. The van der Waals surface area contributed by atoms with Gasteiger partial charge in [-0.15, -0.1) is 0 Å². The van der Waals surface area contributed by atoms with Crippen molar-refractivity contribution in [3.63, 3.8) is 0 Å². The van der Waals surface area contributed by atoms with Gasteiger partial charge in [0.15, 0.2) is 11.6 Å². The minimum Gasteiger partial charge on any atom is -0.505 e. The molecule has 1 aliphatic rings. The van der Waals surface area contributed by atoms with Crippen LogP contribution in [0.15, 0.2) is 21.6 Å². The van der Waals surface area contributed by atoms with Crippen LogP contribution >= 0.6 is 15.9 Å². The molecule has 1 saturated carbocycles. The van der Waals surface area contributed by atoms with Gasteiger partial charge in [-0.3, -0.25) is 0 Å². The number of hydrogen-bond donors (Lipinski definition) is 1. The first-order valence-corrected chi connectivity index (χ1v) is 5.16. The second kappa shape index (κ2) is 3.43. The third-order valence-electron chi connectivity index (χ3n) is 2.51. The summed E-state index contributed by atoms with van der Waals surface area (Å²) in [5, 5.41) is 9.54. The van der Waals surface area contributed by atoms with Gasteiger partial charge in [-0.2, -0.15) is 4.99 Å². The Morgan fingerprint density at radius 1 is 1.53 bits per heavy atom. The fraction of sp³-hybridized carbons (Fsp3) is 0.300. The van der Waals surface area contributed by atoms with Gasteiger partial charge >= 0.3 is 0 Å². The number of hydrogen-bond acceptors (Lipinski definition) is 3. The summed E-state index contributed by atoms with van der Waals surface area (Å²) in [5.41, 5.74) is -0.408. The summed E-state index contributed by atoms with van der Waals surface area (Å²) in [7, 11) is 0. The molecule has 0 spiro atoms. The molecule has 1 aromatic rings. The lowest BCUT2D eigenvalue weighted by atomic mass is 10.0. The zero-order valence-electron chi connectivity index (χ0n) is 7.63. The molecule has 1 fully saturated rings. The Bertz CT molecular complexity index is 465. The van der Waals surface area contributed by atoms with Gasteiger partial charge in [0.2, 0.25) is 6.08 Å². The van der Waals surface area contributed by atoms with E-state index in [9.17, 15) is 14.3 Å². The number of phenols is 1. The number of phenolic OH excluding ortho intramolecular Hbond substituents is 1. The van der Waals surface area contributed by atoms with Gasteiger partial charge in [0.05, 0.1) is 0 Å². The average Bonchev–Trinajstić information content (AvgIpc) is 2.93. The van der Waals surface area contributed by atoms with E-state index in [-0.39, 0.29) is 0 Å². The Balaban J connectivity index is 2.57. The van der Waals surface area contributed by atoms with Crippen LogP contribution in [0, 0.1) is 5.82 Å². The minimum absolute atomic E-state index is 0.345. The lowest BCUT2D eigenvalue weighted by Crippen LogP contribution is -2.03. The van der Waals surface area contributed by atoms with Gasteiger partial charge in [-0.1, -0.05) is 15.9 Å². The second-order valence-corrected chi connectivity index (χ2v) is 4.43. The monoisotopic (exact) mass is 271 g/mol. The Kier molecular flexibility index (Phi) is 2.37. The van der Waals surface area contributed by atoms with Crippen molar-refractivity contribution in [1.29, 1.82) is 0 Å². The predicted octanol–water partition coefficient (Wildman–Crippen LogP) is 2.62. The van der Waals surface area contributed by atoms with Gasteiger partial charge in [-0.25, -0.2) is 9.18 Å². The Labute approximate surface area is 93.8 Å². The molecule has 0 radical (unpaired) electrons. The largest absolute Gasteiger partial charge is 0.505 e. The molecule has 0 saturated heterocycles. The predicted molar refractivity (Wildman–Crippen MR) is 54.8 cm³/mol. The molecule has 2 rings (SSSR count). The Hall–Kier alpha value is -1.19. The van der Waals surface area contributed by atoms with E-state index in [1.54, 1.807) is 6.07 Å². The summed E-state index contributed by atoms with van der Waals surface area (Å²) < 4.78 is 13.7. The van der Waals surface area contributed by atoms with E-state index in [1.807, 2.05) is 0 Å². The van der Waals surface area contributed by atoms with Crippen molar-refractivity contribution >= 4 is 22.0 Å². The van der Waals surface area contributed by atoms with Crippen LogP contribution in [-0.2, 0) is 10.3 Å². The molecule has 0 bridgehead atoms. The van der Waals surface area contributed by atoms with Crippen LogP contribution in [0.3, 0.4) is 0 Å². The molecule has 0 amide bonds. The van der Waals surface area contributed by atoms with E-state index in [2.05, 4.69) is 20.9 Å². The summed E-state index contributed by atoms with van der Waals surface area (Å²) in [6.07, 6.45) is 2.72. The minimum atomic E-state index is -0.754. The van der Waals surface area contributed by atoms with E-state index >= 15 is 0 Å². The van der Waals surface area contributed by atoms with Crippen molar-refractivity contribution in [3.8, 4) is 5.75 Å². The molecule has 0 heterocycles. The summed E-state index contributed by atoms with van der Waals surface area (Å²) in [4.78, 5) is 13.9. The van der Waals surface area contributed by atoms with E-state index in [1.165, 1.54) is 12.1 Å². The first kappa shape index (κ1) is 10.3. The van der Waals surface area contributed by atoms with E-state index in [4.69, 9.17) is 0 Å². The van der Waals surface area contributed by atoms with Crippen LogP contribution in [0.25, 0.3) is 0 Å². The van der Waals surface area contributed by atoms with Crippen LogP contribution in [0.5, 0.6) is 5.75 Å². The Morgan fingerprint density at radius 3 is 2.73 bits per heavy atom. The molecule has 78 valence electrons. The molecule has 3 nitrogen and oxygen atoms in total. The molecule has 0 aliphatic heterocycles. The lowest BCUT2D eigenvalue weighted by Gasteiger charge is -2.11. The maximum atomic E-state index is 13.2. The lowest BCUT2D eigenvalue weighted by molar-refractivity contribution is 0.418. The maximum absolute atomic E-state index is 13.2. The second-order valence-electron chi connectivity index (χ2n) is 3.52. The van der Waals surface area contributed by atoms with E-state index < -0.39 is 17.1 Å². The zero-order chi connectivity index (χ0) is 11.1. The Morgan fingerprint density at radius 2 is 2.20 bits per heavy atom. The number of aliphatic imine (C=N–C) groups is 1. The van der Waals surface area contributed by atoms with Gasteiger partial charge in [0.1, 0.15) is 5.54 Å². The fourth-order valence-electron chi connectivity index (χ4n) is 1.57. The van der Waals surface area contributed by atoms with Crippen molar-refractivity contribution in [2.45, 2.75) is 18.4 Å². The summed E-state index contributed by atoms with van der Waals surface area (Å²) in [6, 6.07) is 2.74. The molecule has 5 heteroatoms. The number of aromatic hydroxyl groups is 1. The van der Waals surface area contributed by atoms with Crippen molar-refractivity contribution in [2.24, 2.45) is 4.99 Å². The third kappa shape index (κ3) is 1.68. The number of benzene rings is 1. The topological polar surface area (TPSA) is 49.7 Å². The molecule has 1 aliphatic carbocycles. The standard InChI is InChI=1S/C10H7BrFNO2/c11-6-3-7(9(15)8(12)4-6)10(1-2-10)13-5-14/h3-4,15H,1-2H2. The normalized spacial score (nSPS) is 16.9. The van der Waals surface area contributed by atoms with Gasteiger partial charge in [-0.05, 0) is 25.0 Å². The van der Waals surface area contributed by atoms with Crippen molar-refractivity contribution in [2.75, 3.05) is 0 Å². The quantitative estimate of drug-likeness (QED) is 0.664. The number of isocyanates is 1. The smallest absolute Gasteiger partial charge is 0.235 e. The van der Waals surface area contributed by atoms with Crippen LogP contribution < -0.4 is 0 Å². The SMILES string of the molecule is O=C=NC1(c2cc(Br)cc(F)c2O)CC1. The maximum Gasteiger partial charge on any atom is 0.235 e. The molecule has 15 heavy (non-hydrogen) atoms. The molecule has 1 aromatic carbocycles.